The molecule has 0 amide bonds. The Morgan fingerprint density at radius 1 is 1.23 bits per heavy atom. The van der Waals surface area contributed by atoms with Crippen molar-refractivity contribution in [2.45, 2.75) is 12.6 Å². The molecule has 0 fully saturated rings. The number of pyridine rings is 1. The number of halogens is 2. The fourth-order valence-corrected chi connectivity index (χ4v) is 3.46. The van der Waals surface area contributed by atoms with Crippen LogP contribution >= 0.6 is 15.9 Å². The maximum Gasteiger partial charge on any atom is 0.225 e. The average molecular weight is 472 g/mol. The first-order chi connectivity index (χ1) is 14.5. The number of aromatic nitrogens is 4. The van der Waals surface area contributed by atoms with Crippen LogP contribution in [0.15, 0.2) is 59.5 Å². The fraction of sp³-hybridized carbons (Fsp3) is 0.190. The van der Waals surface area contributed by atoms with Gasteiger partial charge in [0.25, 0.3) is 0 Å². The summed E-state index contributed by atoms with van der Waals surface area (Å²) in [7, 11) is 1.52. The van der Waals surface area contributed by atoms with Crippen molar-refractivity contribution in [3.05, 3.63) is 70.8 Å². The lowest BCUT2D eigenvalue weighted by molar-refractivity contribution is -0.113. The molecular formula is C21H19BrFN5O2. The Morgan fingerprint density at radius 2 is 2.10 bits per heavy atom. The minimum absolute atomic E-state index is 0.00183. The Balaban J connectivity index is 1.70. The number of hydrogen-bond donors (Lipinski definition) is 2. The van der Waals surface area contributed by atoms with Crippen LogP contribution in [0, 0.1) is 5.82 Å². The largest absolute Gasteiger partial charge is 0.359 e. The molecule has 0 saturated heterocycles. The van der Waals surface area contributed by atoms with Gasteiger partial charge in [-0.1, -0.05) is 12.1 Å². The lowest BCUT2D eigenvalue weighted by Gasteiger charge is -2.31. The van der Waals surface area contributed by atoms with Crippen LogP contribution in [0.5, 0.6) is 0 Å². The van der Waals surface area contributed by atoms with Crippen molar-refractivity contribution in [1.29, 1.82) is 0 Å². The third-order valence-corrected chi connectivity index (χ3v) is 5.05. The van der Waals surface area contributed by atoms with Gasteiger partial charge in [-0.3, -0.25) is 0 Å². The zero-order valence-electron chi connectivity index (χ0n) is 16.3. The molecule has 0 spiro atoms. The Bertz CT molecular complexity index is 1190. The Hall–Kier alpha value is -2.88. The molecule has 4 aromatic rings. The summed E-state index contributed by atoms with van der Waals surface area (Å²) < 4.78 is 25.6. The van der Waals surface area contributed by atoms with E-state index in [-0.39, 0.29) is 12.6 Å². The van der Waals surface area contributed by atoms with E-state index in [2.05, 4.69) is 41.2 Å². The van der Waals surface area contributed by atoms with E-state index in [9.17, 15) is 4.39 Å². The van der Waals surface area contributed by atoms with Gasteiger partial charge in [0.05, 0.1) is 5.69 Å². The number of H-pyrrole nitrogens is 1. The summed E-state index contributed by atoms with van der Waals surface area (Å²) in [5.41, 5.74) is 1.81. The van der Waals surface area contributed by atoms with Gasteiger partial charge in [-0.05, 0) is 47.1 Å². The van der Waals surface area contributed by atoms with Crippen molar-refractivity contribution in [2.24, 2.45) is 0 Å². The van der Waals surface area contributed by atoms with Gasteiger partial charge in [0.2, 0.25) is 5.95 Å². The van der Waals surface area contributed by atoms with Crippen molar-refractivity contribution < 1.29 is 13.9 Å². The van der Waals surface area contributed by atoms with E-state index in [1.807, 2.05) is 18.3 Å². The highest BCUT2D eigenvalue weighted by Crippen LogP contribution is 2.30. The van der Waals surface area contributed by atoms with Crippen LogP contribution in [0.1, 0.15) is 12.5 Å². The number of hydrogen-bond acceptors (Lipinski definition) is 6. The smallest absolute Gasteiger partial charge is 0.225 e. The van der Waals surface area contributed by atoms with Gasteiger partial charge in [-0.25, -0.2) is 19.3 Å². The molecule has 7 nitrogen and oxygen atoms in total. The van der Waals surface area contributed by atoms with E-state index in [1.165, 1.54) is 19.2 Å². The normalized spacial score (nSPS) is 13.3. The number of aromatic amines is 1. The molecule has 9 heteroatoms. The molecule has 1 aromatic carbocycles. The highest BCUT2D eigenvalue weighted by atomic mass is 79.9. The number of benzene rings is 1. The minimum atomic E-state index is -1.11. The van der Waals surface area contributed by atoms with Crippen molar-refractivity contribution in [1.82, 2.24) is 19.9 Å². The maximum absolute atomic E-state index is 13.8. The number of rotatable bonds is 7. The van der Waals surface area contributed by atoms with E-state index in [4.69, 9.17) is 9.47 Å². The van der Waals surface area contributed by atoms with Crippen LogP contribution in [0.4, 0.5) is 10.3 Å². The summed E-state index contributed by atoms with van der Waals surface area (Å²) in [5, 5.41) is 4.10. The predicted octanol–water partition coefficient (Wildman–Crippen LogP) is 4.83. The van der Waals surface area contributed by atoms with Gasteiger partial charge < -0.3 is 19.8 Å². The monoisotopic (exact) mass is 471 g/mol. The van der Waals surface area contributed by atoms with Crippen molar-refractivity contribution >= 4 is 32.9 Å². The highest BCUT2D eigenvalue weighted by Gasteiger charge is 2.29. The predicted molar refractivity (Wildman–Crippen MR) is 115 cm³/mol. The number of nitrogens with zero attached hydrogens (tertiary/aromatic N) is 3. The van der Waals surface area contributed by atoms with E-state index >= 15 is 0 Å². The molecular weight excluding hydrogens is 453 g/mol. The molecule has 2 N–H and O–H groups in total. The summed E-state index contributed by atoms with van der Waals surface area (Å²) in [5.74, 6) is -0.0410. The van der Waals surface area contributed by atoms with E-state index in [1.54, 1.807) is 31.5 Å². The first-order valence-corrected chi connectivity index (χ1v) is 9.91. The van der Waals surface area contributed by atoms with Crippen molar-refractivity contribution in [3.8, 4) is 11.3 Å². The van der Waals surface area contributed by atoms with Crippen LogP contribution < -0.4 is 5.32 Å². The zero-order chi connectivity index (χ0) is 21.1. The van der Waals surface area contributed by atoms with Gasteiger partial charge in [-0.15, -0.1) is 0 Å². The number of nitrogens with one attached hydrogen (secondary N) is 2. The fourth-order valence-electron chi connectivity index (χ4n) is 3.13. The van der Waals surface area contributed by atoms with E-state index < -0.39 is 5.72 Å². The van der Waals surface area contributed by atoms with Crippen LogP contribution in [0.2, 0.25) is 0 Å². The van der Waals surface area contributed by atoms with Gasteiger partial charge in [-0.2, -0.15) is 0 Å². The molecule has 30 heavy (non-hydrogen) atoms. The molecule has 3 heterocycles. The maximum atomic E-state index is 13.8. The molecule has 0 aliphatic carbocycles. The second-order valence-electron chi connectivity index (χ2n) is 6.74. The standard InChI is InChI=1S/C21H19BrFN5O2/c1-21(30-12-29-2,13-4-3-5-15(23)8-13)28-20-24-7-6-18(27-20)17-11-26-19-16(17)9-14(22)10-25-19/h3-11H,12H2,1-2H3,(H,25,26)(H,24,27,28). The Labute approximate surface area is 180 Å². The zero-order valence-corrected chi connectivity index (χ0v) is 17.9. The van der Waals surface area contributed by atoms with Gasteiger partial charge >= 0.3 is 0 Å². The number of ether oxygens (including phenoxy) is 2. The summed E-state index contributed by atoms with van der Waals surface area (Å²) in [4.78, 5) is 16.5. The highest BCUT2D eigenvalue weighted by molar-refractivity contribution is 9.10. The van der Waals surface area contributed by atoms with E-state index in [0.717, 1.165) is 21.1 Å². The molecule has 1 unspecified atom stereocenters. The number of anilines is 1. The Morgan fingerprint density at radius 3 is 2.90 bits per heavy atom. The molecule has 4 rings (SSSR count). The molecule has 3 aromatic heterocycles. The lowest BCUT2D eigenvalue weighted by atomic mass is 10.0. The van der Waals surface area contributed by atoms with Crippen LogP contribution in [0.25, 0.3) is 22.3 Å². The second kappa shape index (κ2) is 8.47. The van der Waals surface area contributed by atoms with Crippen LogP contribution in [-0.2, 0) is 15.2 Å². The minimum Gasteiger partial charge on any atom is -0.359 e. The van der Waals surface area contributed by atoms with Gasteiger partial charge in [0.15, 0.2) is 5.72 Å². The lowest BCUT2D eigenvalue weighted by Crippen LogP contribution is -2.36. The SMILES string of the molecule is COCOC(C)(Nc1nccc(-c2c[nH]c3ncc(Br)cc23)n1)c1cccc(F)c1. The first kappa shape index (κ1) is 20.4. The second-order valence-corrected chi connectivity index (χ2v) is 7.65. The summed E-state index contributed by atoms with van der Waals surface area (Å²) >= 11 is 3.45. The topological polar surface area (TPSA) is 85.0 Å². The molecule has 0 saturated carbocycles. The van der Waals surface area contributed by atoms with E-state index in [0.29, 0.717) is 17.2 Å². The van der Waals surface area contributed by atoms with Gasteiger partial charge in [0, 0.05) is 46.7 Å². The van der Waals surface area contributed by atoms with Crippen molar-refractivity contribution in [2.75, 3.05) is 19.2 Å². The van der Waals surface area contributed by atoms with Crippen LogP contribution in [0.3, 0.4) is 0 Å². The molecule has 0 aliphatic heterocycles. The quantitative estimate of drug-likeness (QED) is 0.375. The molecule has 0 radical (unpaired) electrons. The van der Waals surface area contributed by atoms with Crippen molar-refractivity contribution in [3.63, 3.8) is 0 Å². The molecule has 0 bridgehead atoms. The Kier molecular flexibility index (Phi) is 5.76. The molecule has 1 atom stereocenters. The number of methoxy groups -OCH3 is 1. The first-order valence-electron chi connectivity index (χ1n) is 9.12. The van der Waals surface area contributed by atoms with Crippen LogP contribution in [-0.4, -0.2) is 33.8 Å². The third kappa shape index (κ3) is 4.18. The summed E-state index contributed by atoms with van der Waals surface area (Å²) in [6.07, 6.45) is 5.23. The molecule has 154 valence electrons. The summed E-state index contributed by atoms with van der Waals surface area (Å²) in [6.45, 7) is 1.77. The van der Waals surface area contributed by atoms with Gasteiger partial charge in [0.1, 0.15) is 18.3 Å². The average Bonchev–Trinajstić information content (AvgIpc) is 3.15. The summed E-state index contributed by atoms with van der Waals surface area (Å²) in [6, 6.07) is 9.94. The molecule has 0 aliphatic rings. The third-order valence-electron chi connectivity index (χ3n) is 4.62. The number of fused-ring (bicyclic) bond motifs is 1.